The molecule has 1 N–H and O–H groups in total. The third-order valence-electron chi connectivity index (χ3n) is 2.56. The molecule has 0 heterocycles. The van der Waals surface area contributed by atoms with Crippen LogP contribution in [0.25, 0.3) is 5.53 Å². The van der Waals surface area contributed by atoms with E-state index in [-0.39, 0.29) is 17.9 Å². The Balaban J connectivity index is 2.66. The minimum absolute atomic E-state index is 0.127. The van der Waals surface area contributed by atoms with Crippen molar-refractivity contribution in [1.82, 2.24) is 0 Å². The fourth-order valence-electron chi connectivity index (χ4n) is 1.54. The summed E-state index contributed by atoms with van der Waals surface area (Å²) >= 11 is 0. The van der Waals surface area contributed by atoms with Gasteiger partial charge in [-0.1, -0.05) is 12.1 Å². The molecular weight excluding hydrogens is 284 g/mol. The zero-order valence-electron chi connectivity index (χ0n) is 10.8. The van der Waals surface area contributed by atoms with Crippen molar-refractivity contribution in [3.05, 3.63) is 35.4 Å². The fourth-order valence-corrected chi connectivity index (χ4v) is 2.72. The van der Waals surface area contributed by atoms with Crippen LogP contribution in [-0.2, 0) is 25.8 Å². The first-order chi connectivity index (χ1) is 9.40. The highest BCUT2D eigenvalue weighted by molar-refractivity contribution is 8.07. The van der Waals surface area contributed by atoms with E-state index in [1.54, 1.807) is 12.1 Å². The van der Waals surface area contributed by atoms with E-state index < -0.39 is 20.9 Å². The van der Waals surface area contributed by atoms with Gasteiger partial charge in [0.15, 0.2) is 0 Å². The van der Waals surface area contributed by atoms with Gasteiger partial charge in [-0.3, -0.25) is 0 Å². The average Bonchev–Trinajstić information content (AvgIpc) is 2.41. The molecule has 0 radical (unpaired) electrons. The Labute approximate surface area is 116 Å². The van der Waals surface area contributed by atoms with Crippen LogP contribution in [0.2, 0.25) is 0 Å². The van der Waals surface area contributed by atoms with Crippen molar-refractivity contribution >= 4 is 20.9 Å². The number of rotatable bonds is 4. The van der Waals surface area contributed by atoms with Gasteiger partial charge < -0.3 is 15.4 Å². The molecule has 1 aromatic carbocycles. The molecular formula is C12H14N2O5S. The van der Waals surface area contributed by atoms with Gasteiger partial charge in [0.1, 0.15) is 5.75 Å². The van der Waals surface area contributed by atoms with E-state index in [0.717, 1.165) is 12.7 Å². The summed E-state index contributed by atoms with van der Waals surface area (Å²) in [4.78, 5) is 13.6. The Hall–Kier alpha value is -2.18. The quantitative estimate of drug-likeness (QED) is 0.286. The lowest BCUT2D eigenvalue weighted by Gasteiger charge is -2.01. The molecule has 0 unspecified atom stereocenters. The van der Waals surface area contributed by atoms with Crippen LogP contribution in [0.15, 0.2) is 24.3 Å². The van der Waals surface area contributed by atoms with Crippen molar-refractivity contribution in [2.24, 2.45) is 0 Å². The molecule has 0 aromatic heterocycles. The van der Waals surface area contributed by atoms with Crippen molar-refractivity contribution in [1.29, 1.82) is 0 Å². The van der Waals surface area contributed by atoms with Gasteiger partial charge >= 0.3 is 11.0 Å². The maximum absolute atomic E-state index is 11.8. The van der Waals surface area contributed by atoms with Gasteiger partial charge in [0.25, 0.3) is 9.84 Å². The van der Waals surface area contributed by atoms with E-state index in [9.17, 15) is 13.2 Å². The Morgan fingerprint density at radius 3 is 2.45 bits per heavy atom. The average molecular weight is 298 g/mol. The molecule has 108 valence electrons. The van der Waals surface area contributed by atoms with Crippen LogP contribution in [-0.4, -0.2) is 42.2 Å². The number of hydrogen-bond donors (Lipinski definition) is 1. The van der Waals surface area contributed by atoms with Crippen LogP contribution in [0.3, 0.4) is 0 Å². The predicted octanol–water partition coefficient (Wildman–Crippen LogP) is 0.541. The van der Waals surface area contributed by atoms with E-state index in [0.29, 0.717) is 6.42 Å². The SMILES string of the molecule is COC(=O)C(=[N+]=[N-])S(=O)(=O)CCCc1ccc(O)cc1. The molecule has 0 aliphatic carbocycles. The van der Waals surface area contributed by atoms with Crippen molar-refractivity contribution in [3.8, 4) is 5.75 Å². The number of carbonyl (C=O) groups excluding carboxylic acids is 1. The van der Waals surface area contributed by atoms with Crippen molar-refractivity contribution < 1.29 is 27.8 Å². The lowest BCUT2D eigenvalue weighted by Crippen LogP contribution is -2.29. The number of nitrogens with zero attached hydrogens (tertiary/aromatic N) is 2. The maximum atomic E-state index is 11.8. The number of phenolic OH excluding ortho intramolecular Hbond substituents is 1. The van der Waals surface area contributed by atoms with E-state index >= 15 is 0 Å². The number of hydrogen-bond acceptors (Lipinski definition) is 5. The number of methoxy groups -OCH3 is 1. The van der Waals surface area contributed by atoms with E-state index in [1.807, 2.05) is 0 Å². The summed E-state index contributed by atoms with van der Waals surface area (Å²) in [5.41, 5.74) is 9.44. The number of phenols is 1. The molecule has 0 saturated heterocycles. The number of ether oxygens (including phenoxy) is 1. The summed E-state index contributed by atoms with van der Waals surface area (Å²) in [6.07, 6.45) is 0.683. The molecule has 0 amide bonds. The first kappa shape index (κ1) is 15.9. The zero-order valence-corrected chi connectivity index (χ0v) is 11.6. The van der Waals surface area contributed by atoms with Gasteiger partial charge in [-0.25, -0.2) is 13.2 Å². The monoisotopic (exact) mass is 298 g/mol. The van der Waals surface area contributed by atoms with E-state index in [1.165, 1.54) is 12.1 Å². The van der Waals surface area contributed by atoms with Crippen LogP contribution >= 0.6 is 0 Å². The number of sulfone groups is 1. The highest BCUT2D eigenvalue weighted by Crippen LogP contribution is 2.11. The summed E-state index contributed by atoms with van der Waals surface area (Å²) in [7, 11) is -2.99. The molecule has 0 atom stereocenters. The van der Waals surface area contributed by atoms with E-state index in [4.69, 9.17) is 10.6 Å². The summed E-state index contributed by atoms with van der Waals surface area (Å²) in [6, 6.07) is 6.34. The summed E-state index contributed by atoms with van der Waals surface area (Å²) in [5.74, 6) is -1.42. The van der Waals surface area contributed by atoms with Gasteiger partial charge in [-0.05, 0) is 30.5 Å². The molecule has 8 heteroatoms. The molecule has 7 nitrogen and oxygen atoms in total. The van der Waals surface area contributed by atoms with Crippen LogP contribution in [0, 0.1) is 0 Å². The van der Waals surface area contributed by atoms with Gasteiger partial charge in [0.05, 0.1) is 12.9 Å². The van der Waals surface area contributed by atoms with Gasteiger partial charge in [0.2, 0.25) is 0 Å². The largest absolute Gasteiger partial charge is 0.508 e. The predicted molar refractivity (Wildman–Crippen MR) is 70.9 cm³/mol. The third kappa shape index (κ3) is 4.18. The second-order valence-corrected chi connectivity index (χ2v) is 6.01. The summed E-state index contributed by atoms with van der Waals surface area (Å²) in [6.45, 7) is 0. The first-order valence-corrected chi connectivity index (χ1v) is 7.37. The Kier molecular flexibility index (Phi) is 5.42. The highest BCUT2D eigenvalue weighted by atomic mass is 32.2. The highest BCUT2D eigenvalue weighted by Gasteiger charge is 2.36. The van der Waals surface area contributed by atoms with Crippen molar-refractivity contribution in [2.45, 2.75) is 12.8 Å². The lowest BCUT2D eigenvalue weighted by molar-refractivity contribution is -0.136. The zero-order chi connectivity index (χ0) is 15.2. The number of benzene rings is 1. The van der Waals surface area contributed by atoms with Gasteiger partial charge in [-0.2, -0.15) is 0 Å². The number of aryl methyl sites for hydroxylation is 1. The maximum Gasteiger partial charge on any atom is 0.488 e. The molecule has 0 spiro atoms. The van der Waals surface area contributed by atoms with Crippen LogP contribution in [0.1, 0.15) is 12.0 Å². The smallest absolute Gasteiger partial charge is 0.488 e. The first-order valence-electron chi connectivity index (χ1n) is 5.71. The molecule has 0 aliphatic rings. The van der Waals surface area contributed by atoms with Gasteiger partial charge in [0, 0.05) is 0 Å². The van der Waals surface area contributed by atoms with Gasteiger partial charge in [-0.15, -0.1) is 4.79 Å². The second kappa shape index (κ2) is 6.83. The minimum Gasteiger partial charge on any atom is -0.508 e. The molecule has 0 fully saturated rings. The summed E-state index contributed by atoms with van der Waals surface area (Å²) < 4.78 is 27.8. The minimum atomic E-state index is -3.99. The Morgan fingerprint density at radius 1 is 1.35 bits per heavy atom. The standard InChI is InChI=1S/C12H14N2O5S/c1-19-12(16)11(14-13)20(17,18)8-2-3-9-4-6-10(15)7-5-9/h4-7,15H,2-3,8H2,1H3. The summed E-state index contributed by atoms with van der Waals surface area (Å²) in [5, 5.41) is 8.12. The van der Waals surface area contributed by atoms with Crippen LogP contribution in [0.5, 0.6) is 5.75 Å². The molecule has 0 bridgehead atoms. The molecule has 0 saturated carbocycles. The second-order valence-electron chi connectivity index (χ2n) is 3.99. The molecule has 1 aromatic rings. The van der Waals surface area contributed by atoms with E-state index in [2.05, 4.69) is 9.53 Å². The molecule has 20 heavy (non-hydrogen) atoms. The van der Waals surface area contributed by atoms with Crippen LogP contribution in [0.4, 0.5) is 0 Å². The fraction of sp³-hybridized carbons (Fsp3) is 0.333. The normalized spacial score (nSPS) is 10.7. The number of carbonyl (C=O) groups is 1. The number of aromatic hydroxyl groups is 1. The van der Waals surface area contributed by atoms with Crippen molar-refractivity contribution in [2.75, 3.05) is 12.9 Å². The Bertz CT molecular complexity index is 630. The lowest BCUT2D eigenvalue weighted by atomic mass is 10.1. The number of esters is 1. The Morgan fingerprint density at radius 2 is 1.95 bits per heavy atom. The molecule has 1 rings (SSSR count). The van der Waals surface area contributed by atoms with Crippen molar-refractivity contribution in [3.63, 3.8) is 0 Å². The third-order valence-corrected chi connectivity index (χ3v) is 4.22. The molecule has 0 aliphatic heterocycles. The van der Waals surface area contributed by atoms with Crippen LogP contribution < -0.4 is 0 Å². The topological polar surface area (TPSA) is 117 Å².